The summed E-state index contributed by atoms with van der Waals surface area (Å²) in [6, 6.07) is 1.29. The van der Waals surface area contributed by atoms with Gasteiger partial charge in [-0.05, 0) is 49.5 Å². The number of likely N-dealkylation sites (tertiary alicyclic amines) is 1. The number of hydrogen-bond acceptors (Lipinski definition) is 3. The zero-order valence-electron chi connectivity index (χ0n) is 15.2. The first-order valence-electron chi connectivity index (χ1n) is 9.19. The highest BCUT2D eigenvalue weighted by Gasteiger charge is 2.43. The highest BCUT2D eigenvalue weighted by Crippen LogP contribution is 2.43. The molecule has 132 valence electrons. The molecule has 0 N–H and O–H groups in total. The maximum Gasteiger partial charge on any atom is 0.410 e. The SMILES string of the molecule is C[C@@H]1C[C@H](CC=O)[C@H]2CCCN(C(=O)OCC[Si](C)(C)C)[C@@H]2C1. The molecular weight excluding hydrogens is 306 g/mol. The van der Waals surface area contributed by atoms with E-state index in [2.05, 4.69) is 26.6 Å². The van der Waals surface area contributed by atoms with Gasteiger partial charge in [0.25, 0.3) is 0 Å². The van der Waals surface area contributed by atoms with Gasteiger partial charge in [0.2, 0.25) is 0 Å². The van der Waals surface area contributed by atoms with Gasteiger partial charge in [0.15, 0.2) is 0 Å². The molecule has 4 nitrogen and oxygen atoms in total. The van der Waals surface area contributed by atoms with Crippen LogP contribution in [0.15, 0.2) is 0 Å². The summed E-state index contributed by atoms with van der Waals surface area (Å²) >= 11 is 0. The second-order valence-electron chi connectivity index (χ2n) is 8.73. The van der Waals surface area contributed by atoms with Gasteiger partial charge >= 0.3 is 6.09 Å². The molecule has 4 atom stereocenters. The molecule has 1 saturated heterocycles. The molecule has 0 bridgehead atoms. The number of aldehydes is 1. The first-order valence-corrected chi connectivity index (χ1v) is 12.9. The van der Waals surface area contributed by atoms with Crippen molar-refractivity contribution in [2.24, 2.45) is 17.8 Å². The summed E-state index contributed by atoms with van der Waals surface area (Å²) < 4.78 is 5.59. The molecule has 1 aliphatic heterocycles. The van der Waals surface area contributed by atoms with Gasteiger partial charge in [-0.3, -0.25) is 0 Å². The van der Waals surface area contributed by atoms with Crippen LogP contribution >= 0.6 is 0 Å². The fourth-order valence-corrected chi connectivity index (χ4v) is 5.00. The summed E-state index contributed by atoms with van der Waals surface area (Å²) in [4.78, 5) is 25.5. The molecule has 0 unspecified atom stereocenters. The number of hydrogen-bond donors (Lipinski definition) is 0. The number of amides is 1. The predicted octanol–water partition coefficient (Wildman–Crippen LogP) is 4.18. The fraction of sp³-hybridized carbons (Fsp3) is 0.889. The highest BCUT2D eigenvalue weighted by molar-refractivity contribution is 6.76. The second kappa shape index (κ2) is 7.82. The minimum Gasteiger partial charge on any atom is -0.450 e. The zero-order valence-corrected chi connectivity index (χ0v) is 16.2. The predicted molar refractivity (Wildman–Crippen MR) is 95.3 cm³/mol. The minimum absolute atomic E-state index is 0.128. The Hall–Kier alpha value is -0.843. The second-order valence-corrected chi connectivity index (χ2v) is 14.4. The Balaban J connectivity index is 1.98. The average Bonchev–Trinajstić information content (AvgIpc) is 2.45. The lowest BCUT2D eigenvalue weighted by atomic mass is 9.67. The topological polar surface area (TPSA) is 46.6 Å². The summed E-state index contributed by atoms with van der Waals surface area (Å²) in [6.07, 6.45) is 5.94. The number of fused-ring (bicyclic) bond motifs is 1. The molecule has 2 fully saturated rings. The van der Waals surface area contributed by atoms with Crippen molar-refractivity contribution in [3.8, 4) is 0 Å². The Morgan fingerprint density at radius 3 is 2.70 bits per heavy atom. The van der Waals surface area contributed by atoms with Crippen molar-refractivity contribution < 1.29 is 14.3 Å². The van der Waals surface area contributed by atoms with E-state index >= 15 is 0 Å². The van der Waals surface area contributed by atoms with Crippen LogP contribution < -0.4 is 0 Å². The van der Waals surface area contributed by atoms with E-state index in [0.717, 1.165) is 44.6 Å². The van der Waals surface area contributed by atoms with E-state index in [0.29, 0.717) is 30.8 Å². The van der Waals surface area contributed by atoms with E-state index in [1.54, 1.807) is 0 Å². The van der Waals surface area contributed by atoms with E-state index < -0.39 is 8.07 Å². The fourth-order valence-electron chi connectivity index (χ4n) is 4.29. The monoisotopic (exact) mass is 339 g/mol. The maximum atomic E-state index is 12.6. The van der Waals surface area contributed by atoms with Crippen molar-refractivity contribution >= 4 is 20.5 Å². The summed E-state index contributed by atoms with van der Waals surface area (Å²) in [6.45, 7) is 10.5. The number of piperidine rings is 1. The normalized spacial score (nSPS) is 31.4. The highest BCUT2D eigenvalue weighted by atomic mass is 28.3. The Morgan fingerprint density at radius 1 is 1.30 bits per heavy atom. The van der Waals surface area contributed by atoms with Crippen LogP contribution in [0.25, 0.3) is 0 Å². The number of ether oxygens (including phenoxy) is 1. The Labute approximate surface area is 142 Å². The van der Waals surface area contributed by atoms with Gasteiger partial charge in [-0.2, -0.15) is 0 Å². The summed E-state index contributed by atoms with van der Waals surface area (Å²) in [5.74, 6) is 1.50. The standard InChI is InChI=1S/C18H33NO3Si/c1-14-12-15(7-9-20)16-6-5-8-19(17(16)13-14)18(21)22-10-11-23(2,3)4/h9,14-17H,5-8,10-13H2,1-4H3/t14-,15+,16-,17-/m1/s1. The Morgan fingerprint density at radius 2 is 2.04 bits per heavy atom. The molecule has 0 spiro atoms. The van der Waals surface area contributed by atoms with E-state index in [-0.39, 0.29) is 12.1 Å². The third kappa shape index (κ3) is 5.06. The lowest BCUT2D eigenvalue weighted by Gasteiger charge is -2.48. The molecule has 0 aromatic carbocycles. The molecule has 1 aliphatic carbocycles. The number of carbonyl (C=O) groups is 2. The van der Waals surface area contributed by atoms with Gasteiger partial charge in [0, 0.05) is 27.1 Å². The largest absolute Gasteiger partial charge is 0.450 e. The molecule has 2 rings (SSSR count). The molecule has 1 heterocycles. The number of nitrogens with zero attached hydrogens (tertiary/aromatic N) is 1. The van der Waals surface area contributed by atoms with E-state index in [1.165, 1.54) is 0 Å². The van der Waals surface area contributed by atoms with Crippen molar-refractivity contribution in [2.45, 2.75) is 70.8 Å². The van der Waals surface area contributed by atoms with Crippen LogP contribution in [0.1, 0.15) is 39.0 Å². The van der Waals surface area contributed by atoms with E-state index in [1.807, 2.05) is 4.90 Å². The Bertz CT molecular complexity index is 421. The molecule has 1 saturated carbocycles. The van der Waals surface area contributed by atoms with Crippen LogP contribution in [0.4, 0.5) is 4.79 Å². The van der Waals surface area contributed by atoms with Crippen molar-refractivity contribution in [1.82, 2.24) is 4.90 Å². The van der Waals surface area contributed by atoms with Gasteiger partial charge < -0.3 is 14.4 Å². The first-order chi connectivity index (χ1) is 10.8. The third-order valence-corrected chi connectivity index (χ3v) is 7.20. The lowest BCUT2D eigenvalue weighted by molar-refractivity contribution is -0.110. The van der Waals surface area contributed by atoms with Gasteiger partial charge in [0.1, 0.15) is 6.29 Å². The van der Waals surface area contributed by atoms with Crippen LogP contribution in [0.2, 0.25) is 25.7 Å². The van der Waals surface area contributed by atoms with Crippen LogP contribution in [0.5, 0.6) is 0 Å². The quantitative estimate of drug-likeness (QED) is 0.558. The van der Waals surface area contributed by atoms with Crippen LogP contribution in [0, 0.1) is 17.8 Å². The van der Waals surface area contributed by atoms with Crippen LogP contribution in [-0.2, 0) is 9.53 Å². The summed E-state index contributed by atoms with van der Waals surface area (Å²) in [5.41, 5.74) is 0. The summed E-state index contributed by atoms with van der Waals surface area (Å²) in [7, 11) is -1.18. The minimum atomic E-state index is -1.18. The van der Waals surface area contributed by atoms with Crippen molar-refractivity contribution in [3.63, 3.8) is 0 Å². The molecule has 1 amide bonds. The van der Waals surface area contributed by atoms with E-state index in [4.69, 9.17) is 4.74 Å². The number of rotatable bonds is 5. The van der Waals surface area contributed by atoms with Crippen molar-refractivity contribution in [1.29, 1.82) is 0 Å². The summed E-state index contributed by atoms with van der Waals surface area (Å²) in [5, 5.41) is 0. The van der Waals surface area contributed by atoms with Gasteiger partial charge in [-0.15, -0.1) is 0 Å². The molecular formula is C18H33NO3Si. The van der Waals surface area contributed by atoms with Crippen LogP contribution in [-0.4, -0.2) is 44.5 Å². The van der Waals surface area contributed by atoms with Gasteiger partial charge in [-0.1, -0.05) is 26.6 Å². The molecule has 0 aromatic rings. The van der Waals surface area contributed by atoms with Gasteiger partial charge in [0.05, 0.1) is 6.61 Å². The Kier molecular flexibility index (Phi) is 6.29. The first kappa shape index (κ1) is 18.5. The van der Waals surface area contributed by atoms with E-state index in [9.17, 15) is 9.59 Å². The van der Waals surface area contributed by atoms with Crippen molar-refractivity contribution in [2.75, 3.05) is 13.2 Å². The molecule has 2 aliphatic rings. The zero-order chi connectivity index (χ0) is 17.0. The molecule has 0 radical (unpaired) electrons. The molecule has 23 heavy (non-hydrogen) atoms. The smallest absolute Gasteiger partial charge is 0.410 e. The lowest BCUT2D eigenvalue weighted by Crippen LogP contribution is -2.53. The van der Waals surface area contributed by atoms with Gasteiger partial charge in [-0.25, -0.2) is 4.79 Å². The molecule has 0 aromatic heterocycles. The third-order valence-electron chi connectivity index (χ3n) is 5.50. The molecule has 5 heteroatoms. The van der Waals surface area contributed by atoms with Crippen molar-refractivity contribution in [3.05, 3.63) is 0 Å². The number of carbonyl (C=O) groups excluding carboxylic acids is 2. The average molecular weight is 340 g/mol. The van der Waals surface area contributed by atoms with Crippen LogP contribution in [0.3, 0.4) is 0 Å². The maximum absolute atomic E-state index is 12.6.